The minimum atomic E-state index is -3.90. The predicted octanol–water partition coefficient (Wildman–Crippen LogP) is 4.29. The van der Waals surface area contributed by atoms with E-state index in [1.165, 1.54) is 39.9 Å². The lowest BCUT2D eigenvalue weighted by molar-refractivity contribution is -0.132. The summed E-state index contributed by atoms with van der Waals surface area (Å²) in [7, 11) is -3.90. The van der Waals surface area contributed by atoms with Crippen LogP contribution in [-0.2, 0) is 32.6 Å². The van der Waals surface area contributed by atoms with Crippen molar-refractivity contribution in [2.24, 2.45) is 0 Å². The topological polar surface area (TPSA) is 66.9 Å². The van der Waals surface area contributed by atoms with E-state index in [0.29, 0.717) is 13.2 Å². The van der Waals surface area contributed by atoms with Gasteiger partial charge in [-0.25, -0.2) is 12.8 Å². The Bertz CT molecular complexity index is 1160. The highest BCUT2D eigenvalue weighted by Crippen LogP contribution is 2.22. The van der Waals surface area contributed by atoms with Crippen molar-refractivity contribution in [3.8, 4) is 0 Å². The lowest BCUT2D eigenvalue weighted by atomic mass is 10.2. The number of sulfonamides is 1. The number of carbonyl (C=O) groups is 1. The molecule has 0 N–H and O–H groups in total. The van der Waals surface area contributed by atoms with Crippen molar-refractivity contribution in [3.63, 3.8) is 0 Å². The highest BCUT2D eigenvalue weighted by molar-refractivity contribution is 7.89. The van der Waals surface area contributed by atoms with Gasteiger partial charge in [0, 0.05) is 24.6 Å². The molecular weight excluding hydrogens is 475 g/mol. The highest BCUT2D eigenvalue weighted by Gasteiger charge is 2.32. The van der Waals surface area contributed by atoms with Crippen LogP contribution >= 0.6 is 11.3 Å². The van der Waals surface area contributed by atoms with Gasteiger partial charge in [-0.1, -0.05) is 36.4 Å². The van der Waals surface area contributed by atoms with Crippen LogP contribution in [0.5, 0.6) is 0 Å². The molecule has 3 aromatic rings. The summed E-state index contributed by atoms with van der Waals surface area (Å²) in [6, 6.07) is 18.0. The maximum atomic E-state index is 13.5. The maximum Gasteiger partial charge on any atom is 0.243 e. The first-order chi connectivity index (χ1) is 16.4. The molecule has 180 valence electrons. The standard InChI is InChI=1S/C25H27FN2O4S2/c26-21-12-10-20(11-13-21)16-27(18-23-7-5-15-33-23)25(29)19-28(17-22-6-4-14-32-22)34(30,31)24-8-2-1-3-9-24/h1-3,5,7-13,15,22H,4,6,14,16-19H2. The fourth-order valence-electron chi connectivity index (χ4n) is 3.89. The molecule has 1 fully saturated rings. The van der Waals surface area contributed by atoms with Crippen LogP contribution in [0.1, 0.15) is 23.3 Å². The van der Waals surface area contributed by atoms with Gasteiger partial charge in [-0.3, -0.25) is 4.79 Å². The molecule has 0 aliphatic carbocycles. The lowest BCUT2D eigenvalue weighted by Gasteiger charge is -2.28. The monoisotopic (exact) mass is 502 g/mol. The van der Waals surface area contributed by atoms with Crippen LogP contribution in [0.4, 0.5) is 4.39 Å². The van der Waals surface area contributed by atoms with Crippen molar-refractivity contribution in [3.05, 3.63) is 88.4 Å². The van der Waals surface area contributed by atoms with Crippen molar-refractivity contribution >= 4 is 27.3 Å². The molecule has 0 radical (unpaired) electrons. The number of nitrogens with zero attached hydrogens (tertiary/aromatic N) is 2. The van der Waals surface area contributed by atoms with Crippen LogP contribution in [-0.4, -0.2) is 49.3 Å². The summed E-state index contributed by atoms with van der Waals surface area (Å²) in [4.78, 5) is 16.2. The first-order valence-electron chi connectivity index (χ1n) is 11.1. The summed E-state index contributed by atoms with van der Waals surface area (Å²) in [5.41, 5.74) is 0.767. The number of hydrogen-bond acceptors (Lipinski definition) is 5. The van der Waals surface area contributed by atoms with E-state index < -0.39 is 10.0 Å². The Balaban J connectivity index is 1.58. The van der Waals surface area contributed by atoms with Crippen LogP contribution < -0.4 is 0 Å². The largest absolute Gasteiger partial charge is 0.377 e. The second-order valence-corrected chi connectivity index (χ2v) is 11.2. The van der Waals surface area contributed by atoms with E-state index in [0.717, 1.165) is 23.3 Å². The third-order valence-electron chi connectivity index (χ3n) is 5.69. The van der Waals surface area contributed by atoms with Crippen LogP contribution in [0.25, 0.3) is 0 Å². The summed E-state index contributed by atoms with van der Waals surface area (Å²) < 4.78 is 47.2. The van der Waals surface area contributed by atoms with Gasteiger partial charge in [0.25, 0.3) is 0 Å². The van der Waals surface area contributed by atoms with E-state index in [4.69, 9.17) is 4.74 Å². The lowest BCUT2D eigenvalue weighted by Crippen LogP contribution is -2.45. The number of hydrogen-bond donors (Lipinski definition) is 0. The van der Waals surface area contributed by atoms with Gasteiger partial charge in [0.05, 0.1) is 24.1 Å². The van der Waals surface area contributed by atoms with Crippen molar-refractivity contribution in [2.75, 3.05) is 19.7 Å². The van der Waals surface area contributed by atoms with Gasteiger partial charge in [0.15, 0.2) is 0 Å². The Morgan fingerprint density at radius 3 is 2.44 bits per heavy atom. The molecule has 9 heteroatoms. The Hall–Kier alpha value is -2.59. The number of rotatable bonds is 10. The minimum Gasteiger partial charge on any atom is -0.377 e. The Kier molecular flexibility index (Phi) is 8.10. The van der Waals surface area contributed by atoms with Gasteiger partial charge in [-0.2, -0.15) is 4.31 Å². The number of amides is 1. The number of halogens is 1. The molecular formula is C25H27FN2O4S2. The van der Waals surface area contributed by atoms with Crippen LogP contribution in [0.2, 0.25) is 0 Å². The van der Waals surface area contributed by atoms with Crippen molar-refractivity contribution in [1.82, 2.24) is 9.21 Å². The molecule has 1 aromatic heterocycles. The van der Waals surface area contributed by atoms with Crippen LogP contribution in [0, 0.1) is 5.82 Å². The average Bonchev–Trinajstić information content (AvgIpc) is 3.54. The summed E-state index contributed by atoms with van der Waals surface area (Å²) in [6.07, 6.45) is 1.38. The zero-order valence-electron chi connectivity index (χ0n) is 18.7. The van der Waals surface area contributed by atoms with Gasteiger partial charge in [0.1, 0.15) is 5.82 Å². The summed E-state index contributed by atoms with van der Waals surface area (Å²) in [5, 5.41) is 1.93. The number of carbonyl (C=O) groups excluding carboxylic acids is 1. The third-order valence-corrected chi connectivity index (χ3v) is 8.38. The molecule has 6 nitrogen and oxygen atoms in total. The fourth-order valence-corrected chi connectivity index (χ4v) is 6.05. The third kappa shape index (κ3) is 6.29. The molecule has 0 bridgehead atoms. The number of benzene rings is 2. The summed E-state index contributed by atoms with van der Waals surface area (Å²) in [5.74, 6) is -0.674. The van der Waals surface area contributed by atoms with Gasteiger partial charge >= 0.3 is 0 Å². The molecule has 1 aliphatic heterocycles. The van der Waals surface area contributed by atoms with E-state index in [2.05, 4.69) is 0 Å². The fraction of sp³-hybridized carbons (Fsp3) is 0.320. The zero-order valence-corrected chi connectivity index (χ0v) is 20.3. The van der Waals surface area contributed by atoms with E-state index >= 15 is 0 Å². The maximum absolute atomic E-state index is 13.5. The second kappa shape index (κ2) is 11.2. The Morgan fingerprint density at radius 2 is 1.79 bits per heavy atom. The quantitative estimate of drug-likeness (QED) is 0.415. The van der Waals surface area contributed by atoms with Gasteiger partial charge in [-0.05, 0) is 54.1 Å². The van der Waals surface area contributed by atoms with Gasteiger partial charge in [0.2, 0.25) is 15.9 Å². The van der Waals surface area contributed by atoms with E-state index in [9.17, 15) is 17.6 Å². The normalized spacial score (nSPS) is 16.1. The van der Waals surface area contributed by atoms with Crippen molar-refractivity contribution < 1.29 is 22.3 Å². The van der Waals surface area contributed by atoms with Crippen molar-refractivity contribution in [2.45, 2.75) is 36.9 Å². The molecule has 1 amide bonds. The molecule has 0 spiro atoms. The van der Waals surface area contributed by atoms with E-state index in [1.807, 2.05) is 17.5 Å². The first kappa shape index (κ1) is 24.5. The number of thiophene rings is 1. The molecule has 1 atom stereocenters. The average molecular weight is 503 g/mol. The molecule has 4 rings (SSSR count). The Labute approximate surface area is 203 Å². The highest BCUT2D eigenvalue weighted by atomic mass is 32.2. The molecule has 1 saturated heterocycles. The summed E-state index contributed by atoms with van der Waals surface area (Å²) >= 11 is 1.52. The van der Waals surface area contributed by atoms with E-state index in [1.54, 1.807) is 35.2 Å². The van der Waals surface area contributed by atoms with Gasteiger partial charge in [-0.15, -0.1) is 11.3 Å². The number of ether oxygens (including phenoxy) is 1. The van der Waals surface area contributed by atoms with E-state index in [-0.39, 0.29) is 42.4 Å². The molecule has 1 aliphatic rings. The summed E-state index contributed by atoms with van der Waals surface area (Å²) in [6.45, 7) is 0.992. The predicted molar refractivity (Wildman–Crippen MR) is 129 cm³/mol. The molecule has 2 heterocycles. The molecule has 34 heavy (non-hydrogen) atoms. The Morgan fingerprint density at radius 1 is 1.03 bits per heavy atom. The van der Waals surface area contributed by atoms with Crippen LogP contribution in [0.15, 0.2) is 77.0 Å². The zero-order chi connectivity index (χ0) is 24.0. The van der Waals surface area contributed by atoms with Gasteiger partial charge < -0.3 is 9.64 Å². The molecule has 0 saturated carbocycles. The second-order valence-electron chi connectivity index (χ2n) is 8.20. The van der Waals surface area contributed by atoms with Crippen molar-refractivity contribution in [1.29, 1.82) is 0 Å². The van der Waals surface area contributed by atoms with Crippen LogP contribution in [0.3, 0.4) is 0 Å². The SMILES string of the molecule is O=C(CN(CC1CCCO1)S(=O)(=O)c1ccccc1)N(Cc1ccc(F)cc1)Cc1cccs1. The molecule has 1 unspecified atom stereocenters. The molecule has 2 aromatic carbocycles. The smallest absolute Gasteiger partial charge is 0.243 e. The minimum absolute atomic E-state index is 0.117. The first-order valence-corrected chi connectivity index (χ1v) is 13.5.